The summed E-state index contributed by atoms with van der Waals surface area (Å²) >= 11 is 0. The van der Waals surface area contributed by atoms with Crippen molar-refractivity contribution in [2.24, 2.45) is 0 Å². The van der Waals surface area contributed by atoms with E-state index in [0.29, 0.717) is 12.7 Å². The summed E-state index contributed by atoms with van der Waals surface area (Å²) in [4.78, 5) is 0. The van der Waals surface area contributed by atoms with Gasteiger partial charge in [0.15, 0.2) is 0 Å². The molecular weight excluding hydrogens is 214 g/mol. The molecule has 0 fully saturated rings. The largest absolute Gasteiger partial charge is 0.497 e. The van der Waals surface area contributed by atoms with Gasteiger partial charge in [0.1, 0.15) is 18.5 Å². The van der Waals surface area contributed by atoms with Gasteiger partial charge in [-0.3, -0.25) is 0 Å². The van der Waals surface area contributed by atoms with Crippen molar-refractivity contribution in [2.45, 2.75) is 18.9 Å². The summed E-state index contributed by atoms with van der Waals surface area (Å²) in [6.45, 7) is 2.42. The van der Waals surface area contributed by atoms with Crippen LogP contribution in [-0.2, 0) is 4.74 Å². The number of hydrogen-bond donors (Lipinski definition) is 1. The standard InChI is InChI=1S/C14H19NO2/c1-2-6-13(7-3-1)17-11-9-15-12-14-8-4-5-10-16-14/h1-3,5-7,10,14-15H,4,8-9,11-12H2. The molecule has 0 amide bonds. The van der Waals surface area contributed by atoms with Gasteiger partial charge in [-0.2, -0.15) is 0 Å². The topological polar surface area (TPSA) is 30.5 Å². The van der Waals surface area contributed by atoms with Gasteiger partial charge in [0.25, 0.3) is 0 Å². The molecule has 0 saturated carbocycles. The van der Waals surface area contributed by atoms with E-state index in [9.17, 15) is 0 Å². The fourth-order valence-corrected chi connectivity index (χ4v) is 1.76. The lowest BCUT2D eigenvalue weighted by molar-refractivity contribution is 0.121. The lowest BCUT2D eigenvalue weighted by atomic mass is 10.1. The Bertz CT molecular complexity index is 337. The third-order valence-corrected chi connectivity index (χ3v) is 2.69. The third kappa shape index (κ3) is 4.49. The van der Waals surface area contributed by atoms with Crippen LogP contribution in [0.15, 0.2) is 42.7 Å². The molecule has 0 spiro atoms. The van der Waals surface area contributed by atoms with Gasteiger partial charge in [0.05, 0.1) is 6.26 Å². The SMILES string of the molecule is C1=COC(CNCCOc2ccccc2)CC1. The van der Waals surface area contributed by atoms with Crippen LogP contribution in [0.3, 0.4) is 0 Å². The Hall–Kier alpha value is -1.48. The quantitative estimate of drug-likeness (QED) is 0.765. The van der Waals surface area contributed by atoms with Crippen LogP contribution in [0.5, 0.6) is 5.75 Å². The third-order valence-electron chi connectivity index (χ3n) is 2.69. The first kappa shape index (κ1) is 12.0. The van der Waals surface area contributed by atoms with E-state index in [1.165, 1.54) is 0 Å². The predicted octanol–water partition coefficient (Wildman–Crippen LogP) is 2.35. The van der Waals surface area contributed by atoms with E-state index in [-0.39, 0.29) is 0 Å². The summed E-state index contributed by atoms with van der Waals surface area (Å²) in [6.07, 6.45) is 6.40. The van der Waals surface area contributed by atoms with E-state index in [2.05, 4.69) is 11.4 Å². The number of benzene rings is 1. The van der Waals surface area contributed by atoms with Crippen molar-refractivity contribution in [2.75, 3.05) is 19.7 Å². The molecule has 0 radical (unpaired) electrons. The Kier molecular flexibility index (Phi) is 4.91. The first-order chi connectivity index (χ1) is 8.45. The minimum atomic E-state index is 0.316. The van der Waals surface area contributed by atoms with E-state index in [4.69, 9.17) is 9.47 Å². The highest BCUT2D eigenvalue weighted by molar-refractivity contribution is 5.20. The van der Waals surface area contributed by atoms with E-state index in [0.717, 1.165) is 31.7 Å². The Balaban J connectivity index is 1.53. The van der Waals surface area contributed by atoms with Crippen molar-refractivity contribution in [3.63, 3.8) is 0 Å². The minimum absolute atomic E-state index is 0.316. The molecule has 0 bridgehead atoms. The van der Waals surface area contributed by atoms with Crippen LogP contribution in [0.25, 0.3) is 0 Å². The van der Waals surface area contributed by atoms with Crippen molar-refractivity contribution in [1.29, 1.82) is 0 Å². The maximum absolute atomic E-state index is 5.58. The van der Waals surface area contributed by atoms with Crippen LogP contribution in [0.1, 0.15) is 12.8 Å². The Labute approximate surface area is 102 Å². The highest BCUT2D eigenvalue weighted by atomic mass is 16.5. The monoisotopic (exact) mass is 233 g/mol. The lowest BCUT2D eigenvalue weighted by Gasteiger charge is -2.19. The average Bonchev–Trinajstić information content (AvgIpc) is 2.41. The number of para-hydroxylation sites is 1. The molecule has 1 aliphatic rings. The predicted molar refractivity (Wildman–Crippen MR) is 68.1 cm³/mol. The molecule has 2 rings (SSSR count). The molecule has 1 N–H and O–H groups in total. The van der Waals surface area contributed by atoms with Gasteiger partial charge in [-0.15, -0.1) is 0 Å². The highest BCUT2D eigenvalue weighted by Gasteiger charge is 2.09. The molecule has 0 aliphatic carbocycles. The van der Waals surface area contributed by atoms with Crippen molar-refractivity contribution >= 4 is 0 Å². The van der Waals surface area contributed by atoms with Crippen molar-refractivity contribution in [1.82, 2.24) is 5.32 Å². The average molecular weight is 233 g/mol. The molecule has 17 heavy (non-hydrogen) atoms. The normalized spacial score (nSPS) is 18.7. The smallest absolute Gasteiger partial charge is 0.119 e. The number of allylic oxidation sites excluding steroid dienone is 1. The minimum Gasteiger partial charge on any atom is -0.497 e. The van der Waals surface area contributed by atoms with Crippen LogP contribution in [0, 0.1) is 0 Å². The summed E-state index contributed by atoms with van der Waals surface area (Å²) in [7, 11) is 0. The molecule has 1 atom stereocenters. The van der Waals surface area contributed by atoms with E-state index >= 15 is 0 Å². The van der Waals surface area contributed by atoms with Gasteiger partial charge in [-0.25, -0.2) is 0 Å². The number of hydrogen-bond acceptors (Lipinski definition) is 3. The molecule has 92 valence electrons. The zero-order chi connectivity index (χ0) is 11.8. The van der Waals surface area contributed by atoms with Crippen LogP contribution < -0.4 is 10.1 Å². The number of nitrogens with one attached hydrogen (secondary N) is 1. The zero-order valence-corrected chi connectivity index (χ0v) is 9.97. The van der Waals surface area contributed by atoms with Crippen LogP contribution >= 0.6 is 0 Å². The molecule has 0 aromatic heterocycles. The number of ether oxygens (including phenoxy) is 2. The second-order valence-electron chi connectivity index (χ2n) is 4.07. The van der Waals surface area contributed by atoms with Gasteiger partial charge in [-0.1, -0.05) is 18.2 Å². The zero-order valence-electron chi connectivity index (χ0n) is 9.97. The maximum Gasteiger partial charge on any atom is 0.119 e. The summed E-state index contributed by atoms with van der Waals surface area (Å²) < 4.78 is 11.0. The molecule has 0 saturated heterocycles. The van der Waals surface area contributed by atoms with Crippen molar-refractivity contribution in [3.8, 4) is 5.75 Å². The Morgan fingerprint density at radius 3 is 2.94 bits per heavy atom. The van der Waals surface area contributed by atoms with Gasteiger partial charge in [0, 0.05) is 13.1 Å². The van der Waals surface area contributed by atoms with Gasteiger partial charge in [0.2, 0.25) is 0 Å². The molecule has 1 aromatic carbocycles. The number of rotatable bonds is 6. The Morgan fingerprint density at radius 1 is 1.29 bits per heavy atom. The van der Waals surface area contributed by atoms with E-state index < -0.39 is 0 Å². The molecule has 1 aliphatic heterocycles. The lowest BCUT2D eigenvalue weighted by Crippen LogP contribution is -2.31. The van der Waals surface area contributed by atoms with Crippen molar-refractivity contribution in [3.05, 3.63) is 42.7 Å². The van der Waals surface area contributed by atoms with Crippen LogP contribution in [0.2, 0.25) is 0 Å². The molecule has 3 nitrogen and oxygen atoms in total. The maximum atomic E-state index is 5.58. The fourth-order valence-electron chi connectivity index (χ4n) is 1.76. The second kappa shape index (κ2) is 6.97. The molecule has 1 heterocycles. The first-order valence-corrected chi connectivity index (χ1v) is 6.14. The molecule has 1 aromatic rings. The summed E-state index contributed by atoms with van der Waals surface area (Å²) in [5.41, 5.74) is 0. The van der Waals surface area contributed by atoms with Gasteiger partial charge < -0.3 is 14.8 Å². The molecule has 1 unspecified atom stereocenters. The first-order valence-electron chi connectivity index (χ1n) is 6.14. The summed E-state index contributed by atoms with van der Waals surface area (Å²) in [5.74, 6) is 0.922. The summed E-state index contributed by atoms with van der Waals surface area (Å²) in [5, 5.41) is 3.34. The second-order valence-corrected chi connectivity index (χ2v) is 4.07. The van der Waals surface area contributed by atoms with Gasteiger partial charge >= 0.3 is 0 Å². The fraction of sp³-hybridized carbons (Fsp3) is 0.429. The molecular formula is C14H19NO2. The van der Waals surface area contributed by atoms with E-state index in [1.54, 1.807) is 6.26 Å². The van der Waals surface area contributed by atoms with Crippen LogP contribution in [-0.4, -0.2) is 25.8 Å². The van der Waals surface area contributed by atoms with E-state index in [1.807, 2.05) is 30.3 Å². The Morgan fingerprint density at radius 2 is 2.18 bits per heavy atom. The highest BCUT2D eigenvalue weighted by Crippen LogP contribution is 2.09. The van der Waals surface area contributed by atoms with Crippen LogP contribution in [0.4, 0.5) is 0 Å². The summed E-state index contributed by atoms with van der Waals surface area (Å²) in [6, 6.07) is 9.87. The van der Waals surface area contributed by atoms with Crippen molar-refractivity contribution < 1.29 is 9.47 Å². The van der Waals surface area contributed by atoms with Gasteiger partial charge in [-0.05, 0) is 31.1 Å². The molecule has 3 heteroatoms.